The Morgan fingerprint density at radius 1 is 1.31 bits per heavy atom. The lowest BCUT2D eigenvalue weighted by molar-refractivity contribution is -0.136. The van der Waals surface area contributed by atoms with Crippen LogP contribution in [0.3, 0.4) is 0 Å². The summed E-state index contributed by atoms with van der Waals surface area (Å²) in [4.78, 5) is 10.6. The maximum absolute atomic E-state index is 10.6. The molecule has 0 saturated carbocycles. The summed E-state index contributed by atoms with van der Waals surface area (Å²) in [7, 11) is 0. The van der Waals surface area contributed by atoms with Crippen LogP contribution in [0.1, 0.15) is 5.56 Å². The standard InChI is InChI=1S/C12H10O3S/c13-11(14)8-9-3-1-4-10(7-9)15-12-5-2-6-16-12/h1-7H,8H2,(H,13,14). The van der Waals surface area contributed by atoms with Crippen molar-refractivity contribution in [2.45, 2.75) is 6.42 Å². The molecule has 1 heterocycles. The van der Waals surface area contributed by atoms with Gasteiger partial charge >= 0.3 is 5.97 Å². The number of hydrogen-bond acceptors (Lipinski definition) is 3. The van der Waals surface area contributed by atoms with Crippen LogP contribution in [0.5, 0.6) is 10.8 Å². The second kappa shape index (κ2) is 4.81. The average Bonchev–Trinajstić information content (AvgIpc) is 2.70. The van der Waals surface area contributed by atoms with E-state index in [0.717, 1.165) is 10.6 Å². The number of benzene rings is 1. The molecule has 0 bridgehead atoms. The van der Waals surface area contributed by atoms with Gasteiger partial charge in [0.1, 0.15) is 5.75 Å². The zero-order valence-corrected chi connectivity index (χ0v) is 9.24. The fraction of sp³-hybridized carbons (Fsp3) is 0.0833. The smallest absolute Gasteiger partial charge is 0.307 e. The zero-order valence-electron chi connectivity index (χ0n) is 8.42. The third-order valence-electron chi connectivity index (χ3n) is 1.97. The minimum atomic E-state index is -0.840. The van der Waals surface area contributed by atoms with E-state index in [1.807, 2.05) is 23.6 Å². The SMILES string of the molecule is O=C(O)Cc1cccc(Oc2cccs2)c1. The van der Waals surface area contributed by atoms with Crippen molar-refractivity contribution in [3.05, 3.63) is 47.3 Å². The molecule has 0 spiro atoms. The highest BCUT2D eigenvalue weighted by molar-refractivity contribution is 7.11. The van der Waals surface area contributed by atoms with Crippen LogP contribution in [-0.4, -0.2) is 11.1 Å². The van der Waals surface area contributed by atoms with Gasteiger partial charge in [-0.3, -0.25) is 4.79 Å². The Balaban J connectivity index is 2.13. The van der Waals surface area contributed by atoms with Crippen LogP contribution in [0.25, 0.3) is 0 Å². The maximum atomic E-state index is 10.6. The van der Waals surface area contributed by atoms with Crippen molar-refractivity contribution in [3.8, 4) is 10.8 Å². The molecule has 2 rings (SSSR count). The van der Waals surface area contributed by atoms with E-state index in [1.54, 1.807) is 18.2 Å². The van der Waals surface area contributed by atoms with E-state index < -0.39 is 5.97 Å². The number of thiophene rings is 1. The Hall–Kier alpha value is -1.81. The normalized spacial score (nSPS) is 10.0. The molecular formula is C12H10O3S. The molecule has 0 fully saturated rings. The summed E-state index contributed by atoms with van der Waals surface area (Å²) >= 11 is 1.50. The van der Waals surface area contributed by atoms with Gasteiger partial charge in [0, 0.05) is 0 Å². The lowest BCUT2D eigenvalue weighted by Gasteiger charge is -2.04. The van der Waals surface area contributed by atoms with Crippen molar-refractivity contribution in [2.24, 2.45) is 0 Å². The van der Waals surface area contributed by atoms with Gasteiger partial charge in [-0.25, -0.2) is 0 Å². The average molecular weight is 234 g/mol. The van der Waals surface area contributed by atoms with Crippen LogP contribution >= 0.6 is 11.3 Å². The first kappa shape index (κ1) is 10.7. The molecule has 0 atom stereocenters. The van der Waals surface area contributed by atoms with Gasteiger partial charge in [0.05, 0.1) is 6.42 Å². The summed E-state index contributed by atoms with van der Waals surface area (Å²) in [6.07, 6.45) is 0.0155. The minimum Gasteiger partial charge on any atom is -0.481 e. The molecule has 0 saturated heterocycles. The third kappa shape index (κ3) is 2.84. The Bertz CT molecular complexity index is 477. The number of ether oxygens (including phenoxy) is 1. The van der Waals surface area contributed by atoms with E-state index >= 15 is 0 Å². The molecule has 1 aromatic heterocycles. The number of rotatable bonds is 4. The van der Waals surface area contributed by atoms with Crippen LogP contribution in [-0.2, 0) is 11.2 Å². The number of carbonyl (C=O) groups is 1. The van der Waals surface area contributed by atoms with Crippen molar-refractivity contribution in [2.75, 3.05) is 0 Å². The topological polar surface area (TPSA) is 46.5 Å². The van der Waals surface area contributed by atoms with Crippen LogP contribution in [0, 0.1) is 0 Å². The third-order valence-corrected chi connectivity index (χ3v) is 2.71. The number of carboxylic acid groups (broad SMARTS) is 1. The lowest BCUT2D eigenvalue weighted by atomic mass is 10.1. The Kier molecular flexibility index (Phi) is 3.22. The highest BCUT2D eigenvalue weighted by Gasteiger charge is 2.03. The molecule has 3 nitrogen and oxygen atoms in total. The van der Waals surface area contributed by atoms with E-state index in [-0.39, 0.29) is 6.42 Å². The molecule has 0 radical (unpaired) electrons. The van der Waals surface area contributed by atoms with Crippen LogP contribution in [0.15, 0.2) is 41.8 Å². The quantitative estimate of drug-likeness (QED) is 0.883. The van der Waals surface area contributed by atoms with E-state index in [0.29, 0.717) is 5.75 Å². The first-order valence-electron chi connectivity index (χ1n) is 4.76. The maximum Gasteiger partial charge on any atom is 0.307 e. The molecule has 0 amide bonds. The van der Waals surface area contributed by atoms with Crippen molar-refractivity contribution >= 4 is 17.3 Å². The summed E-state index contributed by atoms with van der Waals surface area (Å²) in [5.74, 6) is -0.172. The Morgan fingerprint density at radius 3 is 2.88 bits per heavy atom. The molecule has 0 aliphatic carbocycles. The van der Waals surface area contributed by atoms with Crippen molar-refractivity contribution < 1.29 is 14.6 Å². The Morgan fingerprint density at radius 2 is 2.19 bits per heavy atom. The van der Waals surface area contributed by atoms with Crippen LogP contribution in [0.4, 0.5) is 0 Å². The van der Waals surface area contributed by atoms with E-state index in [4.69, 9.17) is 9.84 Å². The molecule has 82 valence electrons. The highest BCUT2D eigenvalue weighted by Crippen LogP contribution is 2.26. The summed E-state index contributed by atoms with van der Waals surface area (Å²) in [5, 5.41) is 11.4. The fourth-order valence-corrected chi connectivity index (χ4v) is 1.92. The van der Waals surface area contributed by atoms with Gasteiger partial charge in [-0.2, -0.15) is 0 Å². The molecule has 4 heteroatoms. The predicted molar refractivity (Wildman–Crippen MR) is 62.2 cm³/mol. The summed E-state index contributed by atoms with van der Waals surface area (Å²) in [6.45, 7) is 0. The molecule has 1 aromatic carbocycles. The largest absolute Gasteiger partial charge is 0.481 e. The van der Waals surface area contributed by atoms with E-state index in [2.05, 4.69) is 0 Å². The van der Waals surface area contributed by atoms with Crippen LogP contribution < -0.4 is 4.74 Å². The Labute approximate surface area is 96.9 Å². The fourth-order valence-electron chi connectivity index (χ4n) is 1.33. The molecule has 0 aliphatic heterocycles. The monoisotopic (exact) mass is 234 g/mol. The number of aliphatic carboxylic acids is 1. The van der Waals surface area contributed by atoms with E-state index in [9.17, 15) is 4.79 Å². The molecule has 2 aromatic rings. The zero-order chi connectivity index (χ0) is 11.4. The van der Waals surface area contributed by atoms with Gasteiger partial charge in [-0.05, 0) is 35.2 Å². The second-order valence-electron chi connectivity index (χ2n) is 3.25. The molecule has 16 heavy (non-hydrogen) atoms. The van der Waals surface area contributed by atoms with Crippen molar-refractivity contribution in [1.29, 1.82) is 0 Å². The second-order valence-corrected chi connectivity index (χ2v) is 4.16. The minimum absolute atomic E-state index is 0.0155. The van der Waals surface area contributed by atoms with Crippen LogP contribution in [0.2, 0.25) is 0 Å². The molecule has 0 aliphatic rings. The van der Waals surface area contributed by atoms with Gasteiger partial charge in [-0.1, -0.05) is 12.1 Å². The van der Waals surface area contributed by atoms with Gasteiger partial charge in [-0.15, -0.1) is 11.3 Å². The molecule has 1 N–H and O–H groups in total. The van der Waals surface area contributed by atoms with Gasteiger partial charge in [0.2, 0.25) is 0 Å². The van der Waals surface area contributed by atoms with Gasteiger partial charge < -0.3 is 9.84 Å². The number of carboxylic acids is 1. The predicted octanol–water partition coefficient (Wildman–Crippen LogP) is 3.17. The van der Waals surface area contributed by atoms with Gasteiger partial charge in [0.25, 0.3) is 0 Å². The lowest BCUT2D eigenvalue weighted by Crippen LogP contribution is -1.99. The molecular weight excluding hydrogens is 224 g/mol. The summed E-state index contributed by atoms with van der Waals surface area (Å²) in [6, 6.07) is 10.9. The van der Waals surface area contributed by atoms with Gasteiger partial charge in [0.15, 0.2) is 5.06 Å². The highest BCUT2D eigenvalue weighted by atomic mass is 32.1. The first-order chi connectivity index (χ1) is 7.74. The van der Waals surface area contributed by atoms with Crippen molar-refractivity contribution in [3.63, 3.8) is 0 Å². The van der Waals surface area contributed by atoms with Crippen molar-refractivity contribution in [1.82, 2.24) is 0 Å². The first-order valence-corrected chi connectivity index (χ1v) is 5.64. The summed E-state index contributed by atoms with van der Waals surface area (Å²) in [5.41, 5.74) is 0.738. The summed E-state index contributed by atoms with van der Waals surface area (Å²) < 4.78 is 5.57. The number of hydrogen-bond donors (Lipinski definition) is 1. The van der Waals surface area contributed by atoms with E-state index in [1.165, 1.54) is 11.3 Å². The molecule has 0 unspecified atom stereocenters.